The normalized spacial score (nSPS) is 10.5. The van der Waals surface area contributed by atoms with E-state index in [9.17, 15) is 0 Å². The maximum Gasteiger partial charge on any atom is 0.199 e. The minimum Gasteiger partial charge on any atom is -0.325 e. The standard InChI is InChI=1S/C22H22ClN3S2/c1-26(17-9-6-10-18(13-17)27-2)22(24)25-21-14-19(11-12-20(21)23)28-15-16-7-4-3-5-8-16/h3-14H,15H2,1-2H3,(H2,24,25). The van der Waals surface area contributed by atoms with E-state index in [1.807, 2.05) is 61.8 Å². The van der Waals surface area contributed by atoms with Crippen LogP contribution in [-0.2, 0) is 5.75 Å². The number of hydrogen-bond donors (Lipinski definition) is 2. The molecule has 3 rings (SSSR count). The van der Waals surface area contributed by atoms with Crippen LogP contribution < -0.4 is 10.2 Å². The Morgan fingerprint density at radius 3 is 2.54 bits per heavy atom. The number of thioether (sulfide) groups is 2. The summed E-state index contributed by atoms with van der Waals surface area (Å²) in [6.07, 6.45) is 2.04. The van der Waals surface area contributed by atoms with Crippen LogP contribution in [-0.4, -0.2) is 19.3 Å². The Hall–Kier alpha value is -2.08. The molecule has 0 aliphatic carbocycles. The molecule has 0 spiro atoms. The average Bonchev–Trinajstić information content (AvgIpc) is 2.74. The Labute approximate surface area is 180 Å². The molecule has 0 saturated carbocycles. The summed E-state index contributed by atoms with van der Waals surface area (Å²) >= 11 is 9.80. The largest absolute Gasteiger partial charge is 0.325 e. The van der Waals surface area contributed by atoms with E-state index in [4.69, 9.17) is 17.0 Å². The second-order valence-corrected chi connectivity index (χ2v) is 8.49. The lowest BCUT2D eigenvalue weighted by molar-refractivity contribution is 1.20. The van der Waals surface area contributed by atoms with Crippen molar-refractivity contribution in [3.63, 3.8) is 0 Å². The van der Waals surface area contributed by atoms with Gasteiger partial charge in [-0.3, -0.25) is 5.41 Å². The summed E-state index contributed by atoms with van der Waals surface area (Å²) in [4.78, 5) is 4.07. The number of nitrogens with one attached hydrogen (secondary N) is 2. The van der Waals surface area contributed by atoms with Crippen LogP contribution in [0.3, 0.4) is 0 Å². The zero-order valence-electron chi connectivity index (χ0n) is 15.8. The molecule has 0 amide bonds. The third kappa shape index (κ3) is 5.47. The predicted octanol–water partition coefficient (Wildman–Crippen LogP) is 6.84. The summed E-state index contributed by atoms with van der Waals surface area (Å²) in [5, 5.41) is 12.2. The molecule has 144 valence electrons. The van der Waals surface area contributed by atoms with Gasteiger partial charge in [0.1, 0.15) is 0 Å². The van der Waals surface area contributed by atoms with Crippen molar-refractivity contribution in [1.82, 2.24) is 0 Å². The van der Waals surface area contributed by atoms with Crippen molar-refractivity contribution in [2.45, 2.75) is 15.5 Å². The molecular weight excluding hydrogens is 406 g/mol. The minimum atomic E-state index is 0.269. The molecule has 0 aliphatic rings. The third-order valence-corrected chi connectivity index (χ3v) is 6.34. The van der Waals surface area contributed by atoms with E-state index in [0.29, 0.717) is 5.02 Å². The molecule has 0 heterocycles. The van der Waals surface area contributed by atoms with Gasteiger partial charge < -0.3 is 10.2 Å². The summed E-state index contributed by atoms with van der Waals surface area (Å²) < 4.78 is 0. The molecule has 0 aromatic heterocycles. The summed E-state index contributed by atoms with van der Waals surface area (Å²) in [6, 6.07) is 24.4. The third-order valence-electron chi connectivity index (χ3n) is 4.22. The summed E-state index contributed by atoms with van der Waals surface area (Å²) in [5.41, 5.74) is 2.96. The number of anilines is 2. The highest BCUT2D eigenvalue weighted by atomic mass is 35.5. The van der Waals surface area contributed by atoms with Gasteiger partial charge in [-0.15, -0.1) is 23.5 Å². The number of halogens is 1. The maximum absolute atomic E-state index is 8.44. The first-order valence-corrected chi connectivity index (χ1v) is 11.4. The molecule has 0 bridgehead atoms. The molecule has 3 aromatic carbocycles. The van der Waals surface area contributed by atoms with Crippen LogP contribution in [0, 0.1) is 5.41 Å². The summed E-state index contributed by atoms with van der Waals surface area (Å²) in [6.45, 7) is 0. The van der Waals surface area contributed by atoms with Gasteiger partial charge in [-0.1, -0.05) is 48.0 Å². The van der Waals surface area contributed by atoms with Crippen molar-refractivity contribution in [3.8, 4) is 0 Å². The van der Waals surface area contributed by atoms with Crippen LogP contribution in [0.1, 0.15) is 5.56 Å². The molecule has 0 aliphatic heterocycles. The Bertz CT molecular complexity index is 948. The van der Waals surface area contributed by atoms with E-state index in [2.05, 4.69) is 29.6 Å². The van der Waals surface area contributed by atoms with Gasteiger partial charge in [0.2, 0.25) is 0 Å². The Morgan fingerprint density at radius 1 is 1.00 bits per heavy atom. The maximum atomic E-state index is 8.44. The topological polar surface area (TPSA) is 39.1 Å². The smallest absolute Gasteiger partial charge is 0.199 e. The van der Waals surface area contributed by atoms with Crippen LogP contribution in [0.5, 0.6) is 0 Å². The van der Waals surface area contributed by atoms with Crippen LogP contribution in [0.4, 0.5) is 11.4 Å². The molecule has 0 fully saturated rings. The molecule has 3 aromatic rings. The fourth-order valence-electron chi connectivity index (χ4n) is 2.59. The molecular formula is C22H22ClN3S2. The monoisotopic (exact) mass is 427 g/mol. The molecule has 6 heteroatoms. The van der Waals surface area contributed by atoms with Crippen LogP contribution in [0.25, 0.3) is 0 Å². The van der Waals surface area contributed by atoms with Gasteiger partial charge in [-0.2, -0.15) is 0 Å². The zero-order valence-corrected chi connectivity index (χ0v) is 18.2. The van der Waals surface area contributed by atoms with Crippen molar-refractivity contribution in [1.29, 1.82) is 5.41 Å². The first kappa shape index (κ1) is 20.6. The number of guanidine groups is 1. The van der Waals surface area contributed by atoms with Gasteiger partial charge >= 0.3 is 0 Å². The highest BCUT2D eigenvalue weighted by molar-refractivity contribution is 7.98. The second-order valence-electron chi connectivity index (χ2n) is 6.15. The zero-order chi connectivity index (χ0) is 19.9. The van der Waals surface area contributed by atoms with Crippen LogP contribution in [0.2, 0.25) is 5.02 Å². The van der Waals surface area contributed by atoms with Crippen molar-refractivity contribution in [2.24, 2.45) is 0 Å². The SMILES string of the molecule is CSc1cccc(N(C)C(=N)Nc2cc(SCc3ccccc3)ccc2Cl)c1. The van der Waals surface area contributed by atoms with Crippen LogP contribution in [0.15, 0.2) is 82.6 Å². The lowest BCUT2D eigenvalue weighted by Crippen LogP contribution is -2.32. The van der Waals surface area contributed by atoms with E-state index in [-0.39, 0.29) is 5.96 Å². The number of benzene rings is 3. The highest BCUT2D eigenvalue weighted by Gasteiger charge is 2.11. The van der Waals surface area contributed by atoms with E-state index < -0.39 is 0 Å². The van der Waals surface area contributed by atoms with Gasteiger partial charge in [0.05, 0.1) is 10.7 Å². The number of rotatable bonds is 6. The van der Waals surface area contributed by atoms with Crippen molar-refractivity contribution in [3.05, 3.63) is 83.4 Å². The molecule has 28 heavy (non-hydrogen) atoms. The van der Waals surface area contributed by atoms with Gasteiger partial charge in [-0.05, 0) is 48.2 Å². The summed E-state index contributed by atoms with van der Waals surface area (Å²) in [5.74, 6) is 1.16. The van der Waals surface area contributed by atoms with Crippen LogP contribution >= 0.6 is 35.1 Å². The average molecular weight is 428 g/mol. The van der Waals surface area contributed by atoms with Crippen molar-refractivity contribution in [2.75, 3.05) is 23.5 Å². The lowest BCUT2D eigenvalue weighted by Gasteiger charge is -2.22. The molecule has 0 unspecified atom stereocenters. The quantitative estimate of drug-likeness (QED) is 0.256. The van der Waals surface area contributed by atoms with Gasteiger partial charge in [0, 0.05) is 28.3 Å². The fraction of sp³-hybridized carbons (Fsp3) is 0.136. The lowest BCUT2D eigenvalue weighted by atomic mass is 10.2. The van der Waals surface area contributed by atoms with E-state index in [1.165, 1.54) is 5.56 Å². The predicted molar refractivity (Wildman–Crippen MR) is 125 cm³/mol. The minimum absolute atomic E-state index is 0.269. The van der Waals surface area contributed by atoms with E-state index >= 15 is 0 Å². The van der Waals surface area contributed by atoms with Gasteiger partial charge in [-0.25, -0.2) is 0 Å². The van der Waals surface area contributed by atoms with Gasteiger partial charge in [0.25, 0.3) is 0 Å². The van der Waals surface area contributed by atoms with E-state index in [0.717, 1.165) is 26.9 Å². The molecule has 0 saturated heterocycles. The first-order valence-electron chi connectivity index (χ1n) is 8.76. The van der Waals surface area contributed by atoms with Crippen molar-refractivity contribution >= 4 is 52.5 Å². The molecule has 0 atom stereocenters. The van der Waals surface area contributed by atoms with Gasteiger partial charge in [0.15, 0.2) is 5.96 Å². The second kappa shape index (κ2) is 9.92. The molecule has 2 N–H and O–H groups in total. The molecule has 0 radical (unpaired) electrons. The molecule has 3 nitrogen and oxygen atoms in total. The number of hydrogen-bond acceptors (Lipinski definition) is 3. The van der Waals surface area contributed by atoms with Crippen molar-refractivity contribution < 1.29 is 0 Å². The number of nitrogens with zero attached hydrogens (tertiary/aromatic N) is 1. The first-order chi connectivity index (χ1) is 13.6. The fourth-order valence-corrected chi connectivity index (χ4v) is 4.10. The summed E-state index contributed by atoms with van der Waals surface area (Å²) in [7, 11) is 1.87. The van der Waals surface area contributed by atoms with E-state index in [1.54, 1.807) is 28.4 Å². The Morgan fingerprint density at radius 2 is 1.79 bits per heavy atom. The highest BCUT2D eigenvalue weighted by Crippen LogP contribution is 2.30. The Kier molecular flexibility index (Phi) is 7.31. The Balaban J connectivity index is 1.69.